The fourth-order valence-corrected chi connectivity index (χ4v) is 1.85. The summed E-state index contributed by atoms with van der Waals surface area (Å²) in [5, 5.41) is 3.10. The maximum absolute atomic E-state index is 12.0. The maximum atomic E-state index is 12.0. The molecule has 0 atom stereocenters. The van der Waals surface area contributed by atoms with Crippen molar-refractivity contribution in [2.45, 2.75) is 6.54 Å². The Bertz CT molecular complexity index is 700. The number of rotatable bonds is 5. The highest BCUT2D eigenvalue weighted by Gasteiger charge is 2.09. The van der Waals surface area contributed by atoms with Gasteiger partial charge in [0.2, 0.25) is 0 Å². The molecular formula is C14H14ClN3O3. The van der Waals surface area contributed by atoms with Gasteiger partial charge < -0.3 is 14.6 Å². The number of ether oxygens (including phenoxy) is 1. The van der Waals surface area contributed by atoms with E-state index < -0.39 is 5.91 Å². The van der Waals surface area contributed by atoms with Crippen LogP contribution in [0.25, 0.3) is 0 Å². The predicted molar refractivity (Wildman–Crippen MR) is 79.8 cm³/mol. The van der Waals surface area contributed by atoms with Crippen LogP contribution in [0.2, 0.25) is 5.02 Å². The summed E-state index contributed by atoms with van der Waals surface area (Å²) in [5.41, 5.74) is 0.542. The van der Waals surface area contributed by atoms with Gasteiger partial charge in [0.05, 0.1) is 12.3 Å². The SMILES string of the molecule is COCCn1cc(NC(=O)c2cc(Cl)ccn2)ccc1=O. The molecule has 0 aliphatic heterocycles. The average molecular weight is 308 g/mol. The van der Waals surface area contributed by atoms with Gasteiger partial charge in [-0.05, 0) is 18.2 Å². The van der Waals surface area contributed by atoms with Crippen LogP contribution in [-0.4, -0.2) is 29.2 Å². The number of methoxy groups -OCH3 is 1. The maximum Gasteiger partial charge on any atom is 0.274 e. The van der Waals surface area contributed by atoms with Crippen molar-refractivity contribution in [2.75, 3.05) is 19.0 Å². The number of carbonyl (C=O) groups excluding carboxylic acids is 1. The molecule has 2 aromatic rings. The van der Waals surface area contributed by atoms with Crippen LogP contribution >= 0.6 is 11.6 Å². The Balaban J connectivity index is 2.16. The summed E-state index contributed by atoms with van der Waals surface area (Å²) in [6, 6.07) is 5.98. The van der Waals surface area contributed by atoms with Crippen molar-refractivity contribution in [3.8, 4) is 0 Å². The molecule has 0 aliphatic rings. The third-order valence-corrected chi connectivity index (χ3v) is 2.97. The Morgan fingerprint density at radius 3 is 2.95 bits per heavy atom. The fraction of sp³-hybridized carbons (Fsp3) is 0.214. The van der Waals surface area contributed by atoms with Gasteiger partial charge in [-0.2, -0.15) is 0 Å². The Kier molecular flexibility index (Phi) is 5.08. The first-order chi connectivity index (χ1) is 10.1. The summed E-state index contributed by atoms with van der Waals surface area (Å²) in [4.78, 5) is 27.6. The lowest BCUT2D eigenvalue weighted by Crippen LogP contribution is -2.22. The minimum Gasteiger partial charge on any atom is -0.383 e. The molecule has 21 heavy (non-hydrogen) atoms. The van der Waals surface area contributed by atoms with Gasteiger partial charge in [0.25, 0.3) is 11.5 Å². The highest BCUT2D eigenvalue weighted by Crippen LogP contribution is 2.10. The van der Waals surface area contributed by atoms with E-state index in [4.69, 9.17) is 16.3 Å². The van der Waals surface area contributed by atoms with E-state index >= 15 is 0 Å². The van der Waals surface area contributed by atoms with Gasteiger partial charge in [0.1, 0.15) is 5.69 Å². The van der Waals surface area contributed by atoms with Crippen molar-refractivity contribution in [3.05, 3.63) is 57.7 Å². The lowest BCUT2D eigenvalue weighted by Gasteiger charge is -2.09. The quantitative estimate of drug-likeness (QED) is 0.914. The molecule has 6 nitrogen and oxygen atoms in total. The van der Waals surface area contributed by atoms with Gasteiger partial charge in [-0.1, -0.05) is 11.6 Å². The van der Waals surface area contributed by atoms with E-state index in [1.54, 1.807) is 19.4 Å². The molecule has 0 aromatic carbocycles. The van der Waals surface area contributed by atoms with Crippen LogP contribution in [0, 0.1) is 0 Å². The molecule has 110 valence electrons. The summed E-state index contributed by atoms with van der Waals surface area (Å²) < 4.78 is 6.40. The van der Waals surface area contributed by atoms with Crippen molar-refractivity contribution in [1.82, 2.24) is 9.55 Å². The van der Waals surface area contributed by atoms with Crippen molar-refractivity contribution in [3.63, 3.8) is 0 Å². The third kappa shape index (κ3) is 4.14. The number of amides is 1. The fourth-order valence-electron chi connectivity index (χ4n) is 1.69. The summed E-state index contributed by atoms with van der Waals surface area (Å²) in [7, 11) is 1.56. The number of aromatic nitrogens is 2. The molecule has 0 radical (unpaired) electrons. The molecule has 0 saturated heterocycles. The van der Waals surface area contributed by atoms with Gasteiger partial charge in [-0.25, -0.2) is 0 Å². The number of pyridine rings is 2. The second-order valence-corrected chi connectivity index (χ2v) is 4.69. The second-order valence-electron chi connectivity index (χ2n) is 4.26. The van der Waals surface area contributed by atoms with Gasteiger partial charge in [0, 0.05) is 37.1 Å². The molecule has 1 amide bonds. The van der Waals surface area contributed by atoms with E-state index in [0.717, 1.165) is 0 Å². The predicted octanol–water partition coefficient (Wildman–Crippen LogP) is 1.80. The molecule has 0 saturated carbocycles. The van der Waals surface area contributed by atoms with E-state index in [0.29, 0.717) is 23.9 Å². The molecule has 0 aliphatic carbocycles. The first kappa shape index (κ1) is 15.2. The largest absolute Gasteiger partial charge is 0.383 e. The van der Waals surface area contributed by atoms with E-state index in [1.807, 2.05) is 0 Å². The topological polar surface area (TPSA) is 73.2 Å². The number of halogens is 1. The number of carbonyl (C=O) groups is 1. The number of nitrogens with zero attached hydrogens (tertiary/aromatic N) is 2. The molecule has 0 unspecified atom stereocenters. The molecule has 7 heteroatoms. The Morgan fingerprint density at radius 1 is 1.43 bits per heavy atom. The molecule has 1 N–H and O–H groups in total. The number of hydrogen-bond donors (Lipinski definition) is 1. The molecule has 0 bridgehead atoms. The Labute approximate surface area is 126 Å². The summed E-state index contributed by atoms with van der Waals surface area (Å²) in [6.45, 7) is 0.821. The Hall–Kier alpha value is -2.18. The number of anilines is 1. The first-order valence-electron chi connectivity index (χ1n) is 6.22. The zero-order chi connectivity index (χ0) is 15.2. The van der Waals surface area contributed by atoms with Crippen molar-refractivity contribution >= 4 is 23.2 Å². The monoisotopic (exact) mass is 307 g/mol. The van der Waals surface area contributed by atoms with Crippen molar-refractivity contribution < 1.29 is 9.53 Å². The molecule has 0 fully saturated rings. The lowest BCUT2D eigenvalue weighted by atomic mass is 10.3. The molecule has 2 rings (SSSR count). The minimum absolute atomic E-state index is 0.161. The van der Waals surface area contributed by atoms with Crippen molar-refractivity contribution in [2.24, 2.45) is 0 Å². The molecule has 0 spiro atoms. The van der Waals surface area contributed by atoms with Crippen LogP contribution < -0.4 is 10.9 Å². The second kappa shape index (κ2) is 7.01. The van der Waals surface area contributed by atoms with E-state index in [1.165, 1.54) is 29.0 Å². The van der Waals surface area contributed by atoms with Crippen LogP contribution in [0.4, 0.5) is 5.69 Å². The lowest BCUT2D eigenvalue weighted by molar-refractivity contribution is 0.102. The third-order valence-electron chi connectivity index (χ3n) is 2.73. The van der Waals surface area contributed by atoms with Gasteiger partial charge in [-0.3, -0.25) is 14.6 Å². The summed E-state index contributed by atoms with van der Waals surface area (Å²) in [5.74, 6) is -0.394. The number of nitrogens with one attached hydrogen (secondary N) is 1. The summed E-state index contributed by atoms with van der Waals surface area (Å²) >= 11 is 5.82. The molecule has 2 heterocycles. The van der Waals surface area contributed by atoms with Gasteiger partial charge >= 0.3 is 0 Å². The number of hydrogen-bond acceptors (Lipinski definition) is 4. The van der Waals surface area contributed by atoms with E-state index in [-0.39, 0.29) is 11.3 Å². The zero-order valence-corrected chi connectivity index (χ0v) is 12.1. The standard InChI is InChI=1S/C14H14ClN3O3/c1-21-7-6-18-9-11(2-3-13(18)19)17-14(20)12-8-10(15)4-5-16-12/h2-5,8-9H,6-7H2,1H3,(H,17,20). The smallest absolute Gasteiger partial charge is 0.274 e. The van der Waals surface area contributed by atoms with Crippen molar-refractivity contribution in [1.29, 1.82) is 0 Å². The van der Waals surface area contributed by atoms with Crippen LogP contribution in [0.1, 0.15) is 10.5 Å². The van der Waals surface area contributed by atoms with E-state index in [2.05, 4.69) is 10.3 Å². The molecule has 2 aromatic heterocycles. The average Bonchev–Trinajstić information content (AvgIpc) is 2.47. The van der Waals surface area contributed by atoms with Crippen LogP contribution in [0.5, 0.6) is 0 Å². The molecular weight excluding hydrogens is 294 g/mol. The van der Waals surface area contributed by atoms with Crippen LogP contribution in [0.15, 0.2) is 41.5 Å². The summed E-state index contributed by atoms with van der Waals surface area (Å²) in [6.07, 6.45) is 3.01. The van der Waals surface area contributed by atoms with Gasteiger partial charge in [-0.15, -0.1) is 0 Å². The highest BCUT2D eigenvalue weighted by molar-refractivity contribution is 6.30. The van der Waals surface area contributed by atoms with Crippen LogP contribution in [-0.2, 0) is 11.3 Å². The normalized spacial score (nSPS) is 10.4. The zero-order valence-electron chi connectivity index (χ0n) is 11.4. The highest BCUT2D eigenvalue weighted by atomic mass is 35.5. The Morgan fingerprint density at radius 2 is 2.24 bits per heavy atom. The first-order valence-corrected chi connectivity index (χ1v) is 6.60. The van der Waals surface area contributed by atoms with Gasteiger partial charge in [0.15, 0.2) is 0 Å². The van der Waals surface area contributed by atoms with Crippen LogP contribution in [0.3, 0.4) is 0 Å². The minimum atomic E-state index is -0.394. The van der Waals surface area contributed by atoms with E-state index in [9.17, 15) is 9.59 Å².